The first-order valence-electron chi connectivity index (χ1n) is 9.74. The molecule has 2 amide bonds. The van der Waals surface area contributed by atoms with Crippen molar-refractivity contribution in [3.8, 4) is 5.75 Å². The van der Waals surface area contributed by atoms with Crippen LogP contribution in [0, 0.1) is 0 Å². The average molecular weight is 424 g/mol. The molecule has 0 unspecified atom stereocenters. The number of carbonyl (C=O) groups excluding carboxylic acids is 3. The Bertz CT molecular complexity index is 679. The first kappa shape index (κ1) is 24.4. The van der Waals surface area contributed by atoms with Gasteiger partial charge in [0.05, 0.1) is 19.6 Å². The van der Waals surface area contributed by atoms with Crippen molar-refractivity contribution in [2.24, 2.45) is 0 Å². The van der Waals surface area contributed by atoms with E-state index in [0.717, 1.165) is 12.8 Å². The van der Waals surface area contributed by atoms with Gasteiger partial charge in [-0.1, -0.05) is 26.2 Å². The third kappa shape index (κ3) is 11.0. The van der Waals surface area contributed by atoms with E-state index in [4.69, 9.17) is 21.7 Å². The summed E-state index contributed by atoms with van der Waals surface area (Å²) in [6.45, 7) is 4.76. The van der Waals surface area contributed by atoms with E-state index in [1.807, 2.05) is 0 Å². The highest BCUT2D eigenvalue weighted by Gasteiger charge is 2.10. The highest BCUT2D eigenvalue weighted by molar-refractivity contribution is 7.80. The number of amides is 2. The Balaban J connectivity index is 2.30. The zero-order chi connectivity index (χ0) is 21.5. The summed E-state index contributed by atoms with van der Waals surface area (Å²) in [6, 6.07) is 6.73. The maximum atomic E-state index is 12.1. The van der Waals surface area contributed by atoms with Crippen LogP contribution < -0.4 is 20.9 Å². The van der Waals surface area contributed by atoms with E-state index in [-0.39, 0.29) is 24.6 Å². The number of unbranched alkanes of at least 4 members (excludes halogenated alkanes) is 3. The number of thiocarbonyl (C=S) groups is 1. The average Bonchev–Trinajstić information content (AvgIpc) is 2.71. The van der Waals surface area contributed by atoms with Crippen molar-refractivity contribution < 1.29 is 23.9 Å². The Kier molecular flexibility index (Phi) is 12.0. The van der Waals surface area contributed by atoms with Gasteiger partial charge in [0.1, 0.15) is 5.75 Å². The molecular weight excluding hydrogens is 394 g/mol. The highest BCUT2D eigenvalue weighted by atomic mass is 32.1. The molecular formula is C20H29N3O5S. The predicted molar refractivity (Wildman–Crippen MR) is 113 cm³/mol. The monoisotopic (exact) mass is 423 g/mol. The second kappa shape index (κ2) is 14.3. The topological polar surface area (TPSA) is 106 Å². The quantitative estimate of drug-likeness (QED) is 0.217. The van der Waals surface area contributed by atoms with E-state index in [9.17, 15) is 14.4 Å². The zero-order valence-corrected chi connectivity index (χ0v) is 17.7. The molecule has 0 radical (unpaired) electrons. The van der Waals surface area contributed by atoms with Crippen molar-refractivity contribution in [3.63, 3.8) is 0 Å². The zero-order valence-electron chi connectivity index (χ0n) is 16.9. The first-order chi connectivity index (χ1) is 14.0. The van der Waals surface area contributed by atoms with Crippen LogP contribution in [0.15, 0.2) is 24.3 Å². The molecule has 29 heavy (non-hydrogen) atoms. The van der Waals surface area contributed by atoms with E-state index in [0.29, 0.717) is 17.9 Å². The van der Waals surface area contributed by atoms with Crippen LogP contribution in [0.4, 0.5) is 0 Å². The number of rotatable bonds is 11. The molecule has 0 aliphatic carbocycles. The van der Waals surface area contributed by atoms with Gasteiger partial charge in [-0.15, -0.1) is 0 Å². The molecule has 1 rings (SSSR count). The summed E-state index contributed by atoms with van der Waals surface area (Å²) in [5.74, 6) is -0.619. The predicted octanol–water partition coefficient (Wildman–Crippen LogP) is 2.62. The van der Waals surface area contributed by atoms with Gasteiger partial charge in [0.2, 0.25) is 5.91 Å². The normalized spacial score (nSPS) is 10.0. The smallest absolute Gasteiger partial charge is 0.306 e. The Labute approximate surface area is 176 Å². The maximum Gasteiger partial charge on any atom is 0.306 e. The summed E-state index contributed by atoms with van der Waals surface area (Å²) in [5, 5.41) is 2.30. The van der Waals surface area contributed by atoms with E-state index in [2.05, 4.69) is 23.1 Å². The van der Waals surface area contributed by atoms with Crippen molar-refractivity contribution in [2.45, 2.75) is 52.4 Å². The fraction of sp³-hybridized carbons (Fsp3) is 0.500. The van der Waals surface area contributed by atoms with Crippen molar-refractivity contribution in [1.29, 1.82) is 0 Å². The van der Waals surface area contributed by atoms with Crippen LogP contribution in [-0.2, 0) is 14.3 Å². The summed E-state index contributed by atoms with van der Waals surface area (Å²) in [4.78, 5) is 35.0. The highest BCUT2D eigenvalue weighted by Crippen LogP contribution is 2.13. The van der Waals surface area contributed by atoms with Crippen LogP contribution in [0.1, 0.15) is 62.7 Å². The van der Waals surface area contributed by atoms with Crippen molar-refractivity contribution in [2.75, 3.05) is 13.2 Å². The number of esters is 1. The van der Waals surface area contributed by atoms with Crippen LogP contribution in [0.5, 0.6) is 5.75 Å². The lowest BCUT2D eigenvalue weighted by atomic mass is 10.2. The lowest BCUT2D eigenvalue weighted by molar-refractivity contribution is -0.144. The number of ether oxygens (including phenoxy) is 2. The third-order valence-electron chi connectivity index (χ3n) is 3.79. The molecule has 0 saturated heterocycles. The summed E-state index contributed by atoms with van der Waals surface area (Å²) in [5.41, 5.74) is 5.25. The molecule has 0 spiro atoms. The minimum absolute atomic E-state index is 0.0400. The molecule has 0 saturated carbocycles. The van der Waals surface area contributed by atoms with Gasteiger partial charge in [-0.05, 0) is 49.8 Å². The largest absolute Gasteiger partial charge is 0.494 e. The molecule has 9 heteroatoms. The number of benzene rings is 1. The molecule has 3 N–H and O–H groups in total. The van der Waals surface area contributed by atoms with Gasteiger partial charge in [0.25, 0.3) is 5.91 Å². The van der Waals surface area contributed by atoms with E-state index >= 15 is 0 Å². The number of carbonyl (C=O) groups is 3. The van der Waals surface area contributed by atoms with Crippen molar-refractivity contribution in [1.82, 2.24) is 16.2 Å². The van der Waals surface area contributed by atoms with Gasteiger partial charge in [-0.25, -0.2) is 0 Å². The lowest BCUT2D eigenvalue weighted by Crippen LogP contribution is -2.48. The van der Waals surface area contributed by atoms with Crippen LogP contribution in [-0.4, -0.2) is 36.1 Å². The molecule has 0 aliphatic rings. The molecule has 0 bridgehead atoms. The molecule has 8 nitrogen and oxygen atoms in total. The van der Waals surface area contributed by atoms with Gasteiger partial charge in [0, 0.05) is 12.0 Å². The van der Waals surface area contributed by atoms with E-state index < -0.39 is 17.8 Å². The standard InChI is InChI=1S/C20H29N3O5S/c1-3-5-6-7-14-28-16-10-8-15(9-11-16)19(26)22-23-20(29)21-17(24)12-13-18(25)27-4-2/h8-11H,3-7,12-14H2,1-2H3,(H,22,26)(H2,21,23,24,29). The van der Waals surface area contributed by atoms with Crippen molar-refractivity contribution in [3.05, 3.63) is 29.8 Å². The van der Waals surface area contributed by atoms with Crippen LogP contribution in [0.2, 0.25) is 0 Å². The minimum Gasteiger partial charge on any atom is -0.494 e. The van der Waals surface area contributed by atoms with Gasteiger partial charge in [-0.3, -0.25) is 25.2 Å². The van der Waals surface area contributed by atoms with Crippen molar-refractivity contribution >= 4 is 35.1 Å². The van der Waals surface area contributed by atoms with Crippen LogP contribution in [0.3, 0.4) is 0 Å². The molecule has 0 atom stereocenters. The maximum absolute atomic E-state index is 12.1. The number of nitrogens with one attached hydrogen (secondary N) is 3. The Morgan fingerprint density at radius 3 is 2.34 bits per heavy atom. The summed E-state index contributed by atoms with van der Waals surface area (Å²) >= 11 is 4.93. The Hall–Kier alpha value is -2.68. The summed E-state index contributed by atoms with van der Waals surface area (Å²) in [6.07, 6.45) is 4.42. The van der Waals surface area contributed by atoms with E-state index in [1.54, 1.807) is 31.2 Å². The minimum atomic E-state index is -0.455. The fourth-order valence-electron chi connectivity index (χ4n) is 2.28. The third-order valence-corrected chi connectivity index (χ3v) is 3.99. The van der Waals surface area contributed by atoms with Gasteiger partial charge < -0.3 is 14.8 Å². The van der Waals surface area contributed by atoms with E-state index in [1.165, 1.54) is 12.8 Å². The number of hydrogen-bond donors (Lipinski definition) is 3. The Morgan fingerprint density at radius 1 is 0.966 bits per heavy atom. The lowest BCUT2D eigenvalue weighted by Gasteiger charge is -2.11. The van der Waals surface area contributed by atoms with Gasteiger partial charge >= 0.3 is 5.97 Å². The number of hydrazine groups is 1. The summed E-state index contributed by atoms with van der Waals surface area (Å²) < 4.78 is 10.4. The summed E-state index contributed by atoms with van der Waals surface area (Å²) in [7, 11) is 0. The number of hydrogen-bond acceptors (Lipinski definition) is 6. The molecule has 160 valence electrons. The van der Waals surface area contributed by atoms with Gasteiger partial charge in [-0.2, -0.15) is 0 Å². The molecule has 0 aliphatic heterocycles. The molecule has 0 aromatic heterocycles. The fourth-order valence-corrected chi connectivity index (χ4v) is 2.44. The molecule has 1 aromatic rings. The first-order valence-corrected chi connectivity index (χ1v) is 10.2. The van der Waals surface area contributed by atoms with Crippen LogP contribution >= 0.6 is 12.2 Å². The van der Waals surface area contributed by atoms with Gasteiger partial charge in [0.15, 0.2) is 5.11 Å². The second-order valence-corrected chi connectivity index (χ2v) is 6.60. The molecule has 0 heterocycles. The van der Waals surface area contributed by atoms with Crippen LogP contribution in [0.25, 0.3) is 0 Å². The second-order valence-electron chi connectivity index (χ2n) is 6.19. The molecule has 0 fully saturated rings. The Morgan fingerprint density at radius 2 is 1.69 bits per heavy atom. The molecule has 1 aromatic carbocycles. The SMILES string of the molecule is CCCCCCOc1ccc(C(=O)NNC(=S)NC(=O)CCC(=O)OCC)cc1.